The summed E-state index contributed by atoms with van der Waals surface area (Å²) in [6.45, 7) is 3.39. The van der Waals surface area contributed by atoms with Crippen LogP contribution in [-0.2, 0) is 6.54 Å². The lowest BCUT2D eigenvalue weighted by Crippen LogP contribution is -2.03. The van der Waals surface area contributed by atoms with Crippen LogP contribution in [0.5, 0.6) is 5.75 Å². The molecule has 3 heteroatoms. The van der Waals surface area contributed by atoms with Gasteiger partial charge in [-0.2, -0.15) is 0 Å². The van der Waals surface area contributed by atoms with E-state index in [0.29, 0.717) is 6.61 Å². The van der Waals surface area contributed by atoms with E-state index >= 15 is 0 Å². The third kappa shape index (κ3) is 3.14. The monoisotopic (exact) mass is 278 g/mol. The molecule has 0 radical (unpaired) electrons. The van der Waals surface area contributed by atoms with E-state index in [1.807, 2.05) is 49.5 Å². The topological polar surface area (TPSA) is 34.1 Å². The van der Waals surface area contributed by atoms with Crippen LogP contribution in [0.3, 0.4) is 0 Å². The number of benzene rings is 2. The lowest BCUT2D eigenvalue weighted by Gasteiger charge is -2.11. The van der Waals surface area contributed by atoms with Crippen LogP contribution in [0.15, 0.2) is 60.8 Å². The first-order chi connectivity index (χ1) is 10.4. The fraction of sp³-hybridized carbons (Fsp3) is 0.167. The van der Waals surface area contributed by atoms with Crippen LogP contribution in [0, 0.1) is 0 Å². The first-order valence-corrected chi connectivity index (χ1v) is 7.16. The van der Waals surface area contributed by atoms with Gasteiger partial charge in [-0.1, -0.05) is 36.4 Å². The summed E-state index contributed by atoms with van der Waals surface area (Å²) in [4.78, 5) is 4.46. The Hall–Kier alpha value is -2.55. The average Bonchev–Trinajstić information content (AvgIpc) is 2.54. The highest BCUT2D eigenvalue weighted by Crippen LogP contribution is 2.21. The molecule has 1 aromatic heterocycles. The zero-order valence-corrected chi connectivity index (χ0v) is 12.0. The predicted octanol–water partition coefficient (Wildman–Crippen LogP) is 4.25. The second-order valence-corrected chi connectivity index (χ2v) is 4.81. The molecule has 0 saturated carbocycles. The molecule has 106 valence electrons. The Bertz CT molecular complexity index is 740. The maximum atomic E-state index is 5.64. The van der Waals surface area contributed by atoms with Crippen molar-refractivity contribution in [1.82, 2.24) is 4.98 Å². The zero-order valence-electron chi connectivity index (χ0n) is 12.0. The van der Waals surface area contributed by atoms with E-state index in [-0.39, 0.29) is 0 Å². The van der Waals surface area contributed by atoms with E-state index in [0.717, 1.165) is 34.4 Å². The van der Waals surface area contributed by atoms with Gasteiger partial charge in [0.15, 0.2) is 0 Å². The molecular weight excluding hydrogens is 260 g/mol. The third-order valence-electron chi connectivity index (χ3n) is 3.35. The van der Waals surface area contributed by atoms with Crippen LogP contribution in [-0.4, -0.2) is 11.6 Å². The maximum Gasteiger partial charge on any atom is 0.124 e. The molecule has 0 atom stereocenters. The minimum absolute atomic E-state index is 0.675. The number of nitrogens with zero attached hydrogens (tertiary/aromatic N) is 1. The van der Waals surface area contributed by atoms with Gasteiger partial charge in [-0.05, 0) is 25.1 Å². The summed E-state index contributed by atoms with van der Waals surface area (Å²) in [5.74, 6) is 0.932. The molecule has 0 saturated heterocycles. The SMILES string of the molecule is CCOc1ccccc1CNc1cnc2ccccc2c1. The lowest BCUT2D eigenvalue weighted by molar-refractivity contribution is 0.337. The number of fused-ring (bicyclic) bond motifs is 1. The Balaban J connectivity index is 1.77. The molecule has 3 aromatic rings. The fourth-order valence-electron chi connectivity index (χ4n) is 2.31. The van der Waals surface area contributed by atoms with Crippen molar-refractivity contribution in [2.75, 3.05) is 11.9 Å². The Morgan fingerprint density at radius 1 is 1.05 bits per heavy atom. The molecule has 3 rings (SSSR count). The number of rotatable bonds is 5. The van der Waals surface area contributed by atoms with Crippen LogP contribution < -0.4 is 10.1 Å². The number of pyridine rings is 1. The summed E-state index contributed by atoms with van der Waals surface area (Å²) in [7, 11) is 0. The van der Waals surface area contributed by atoms with E-state index in [1.165, 1.54) is 0 Å². The van der Waals surface area contributed by atoms with E-state index in [9.17, 15) is 0 Å². The number of hydrogen-bond acceptors (Lipinski definition) is 3. The number of nitrogens with one attached hydrogen (secondary N) is 1. The Kier molecular flexibility index (Phi) is 4.01. The van der Waals surface area contributed by atoms with E-state index in [1.54, 1.807) is 0 Å². The standard InChI is InChI=1S/C18H18N2O/c1-2-21-18-10-6-4-8-15(18)12-19-16-11-14-7-3-5-9-17(14)20-13-16/h3-11,13,19H,2,12H2,1H3. The quantitative estimate of drug-likeness (QED) is 0.757. The number of aromatic nitrogens is 1. The van der Waals surface area contributed by atoms with Gasteiger partial charge in [-0.3, -0.25) is 4.98 Å². The minimum Gasteiger partial charge on any atom is -0.494 e. The van der Waals surface area contributed by atoms with Crippen molar-refractivity contribution in [3.05, 3.63) is 66.4 Å². The first kappa shape index (κ1) is 13.4. The van der Waals surface area contributed by atoms with E-state index in [4.69, 9.17) is 4.74 Å². The van der Waals surface area contributed by atoms with Crippen molar-refractivity contribution in [2.24, 2.45) is 0 Å². The molecule has 0 bridgehead atoms. The van der Waals surface area contributed by atoms with Crippen molar-refractivity contribution < 1.29 is 4.74 Å². The third-order valence-corrected chi connectivity index (χ3v) is 3.35. The van der Waals surface area contributed by atoms with Gasteiger partial charge >= 0.3 is 0 Å². The average molecular weight is 278 g/mol. The molecule has 0 unspecified atom stereocenters. The Morgan fingerprint density at radius 3 is 2.76 bits per heavy atom. The molecule has 21 heavy (non-hydrogen) atoms. The molecule has 0 aliphatic carbocycles. The fourth-order valence-corrected chi connectivity index (χ4v) is 2.31. The normalized spacial score (nSPS) is 10.5. The van der Waals surface area contributed by atoms with Gasteiger partial charge in [0.1, 0.15) is 5.75 Å². The molecule has 2 aromatic carbocycles. The highest BCUT2D eigenvalue weighted by Gasteiger charge is 2.03. The molecule has 1 N–H and O–H groups in total. The highest BCUT2D eigenvalue weighted by atomic mass is 16.5. The zero-order chi connectivity index (χ0) is 14.5. The van der Waals surface area contributed by atoms with Crippen molar-refractivity contribution >= 4 is 16.6 Å². The molecule has 0 amide bonds. The van der Waals surface area contributed by atoms with E-state index < -0.39 is 0 Å². The molecule has 3 nitrogen and oxygen atoms in total. The predicted molar refractivity (Wildman–Crippen MR) is 86.7 cm³/mol. The number of hydrogen-bond donors (Lipinski definition) is 1. The van der Waals surface area contributed by atoms with Gasteiger partial charge in [0.25, 0.3) is 0 Å². The highest BCUT2D eigenvalue weighted by molar-refractivity contribution is 5.81. The first-order valence-electron chi connectivity index (χ1n) is 7.16. The van der Waals surface area contributed by atoms with Crippen LogP contribution in [0.1, 0.15) is 12.5 Å². The molecule has 0 aliphatic heterocycles. The number of ether oxygens (including phenoxy) is 1. The van der Waals surface area contributed by atoms with Crippen LogP contribution in [0.2, 0.25) is 0 Å². The number of para-hydroxylation sites is 2. The van der Waals surface area contributed by atoms with E-state index in [2.05, 4.69) is 28.5 Å². The molecule has 1 heterocycles. The molecule has 0 aliphatic rings. The largest absolute Gasteiger partial charge is 0.494 e. The van der Waals surface area contributed by atoms with Crippen LogP contribution in [0.4, 0.5) is 5.69 Å². The second-order valence-electron chi connectivity index (χ2n) is 4.81. The minimum atomic E-state index is 0.675. The van der Waals surface area contributed by atoms with Gasteiger partial charge in [0, 0.05) is 17.5 Å². The molecule has 0 fully saturated rings. The van der Waals surface area contributed by atoms with Gasteiger partial charge < -0.3 is 10.1 Å². The van der Waals surface area contributed by atoms with Crippen molar-refractivity contribution in [3.8, 4) is 5.75 Å². The maximum absolute atomic E-state index is 5.64. The van der Waals surface area contributed by atoms with Crippen molar-refractivity contribution in [1.29, 1.82) is 0 Å². The molecular formula is C18H18N2O. The van der Waals surface area contributed by atoms with Crippen molar-refractivity contribution in [2.45, 2.75) is 13.5 Å². The van der Waals surface area contributed by atoms with Gasteiger partial charge in [-0.15, -0.1) is 0 Å². The summed E-state index contributed by atoms with van der Waals surface area (Å²) in [5, 5.41) is 4.55. The Labute approximate surface area is 124 Å². The summed E-state index contributed by atoms with van der Waals surface area (Å²) in [6.07, 6.45) is 1.87. The Morgan fingerprint density at radius 2 is 1.86 bits per heavy atom. The molecule has 0 spiro atoms. The van der Waals surface area contributed by atoms with Crippen LogP contribution >= 0.6 is 0 Å². The second kappa shape index (κ2) is 6.27. The summed E-state index contributed by atoms with van der Waals surface area (Å²) >= 11 is 0. The number of anilines is 1. The van der Waals surface area contributed by atoms with Gasteiger partial charge in [-0.25, -0.2) is 0 Å². The summed E-state index contributed by atoms with van der Waals surface area (Å²) in [5.41, 5.74) is 3.17. The smallest absolute Gasteiger partial charge is 0.124 e. The van der Waals surface area contributed by atoms with Gasteiger partial charge in [0.2, 0.25) is 0 Å². The van der Waals surface area contributed by atoms with Gasteiger partial charge in [0.05, 0.1) is 24.0 Å². The van der Waals surface area contributed by atoms with Crippen LogP contribution in [0.25, 0.3) is 10.9 Å². The summed E-state index contributed by atoms with van der Waals surface area (Å²) < 4.78 is 5.64. The summed E-state index contributed by atoms with van der Waals surface area (Å²) in [6, 6.07) is 18.3. The van der Waals surface area contributed by atoms with Crippen molar-refractivity contribution in [3.63, 3.8) is 0 Å². The lowest BCUT2D eigenvalue weighted by atomic mass is 10.2.